The maximum absolute atomic E-state index is 12.3. The summed E-state index contributed by atoms with van der Waals surface area (Å²) < 4.78 is 7.37. The molecule has 1 atom stereocenters. The second-order valence-electron chi connectivity index (χ2n) is 6.30. The maximum atomic E-state index is 12.3. The zero-order valence-electron chi connectivity index (χ0n) is 14.9. The number of carbonyl (C=O) groups is 2. The Bertz CT molecular complexity index is 1090. The monoisotopic (exact) mass is 431 g/mol. The molecule has 10 heteroatoms. The van der Waals surface area contributed by atoms with Crippen molar-refractivity contribution in [3.8, 4) is 5.75 Å². The largest absolute Gasteiger partial charge is 0.483 e. The Balaban J connectivity index is 1.49. The molecule has 0 saturated heterocycles. The van der Waals surface area contributed by atoms with Crippen LogP contribution in [0.15, 0.2) is 48.8 Å². The number of halogens is 2. The van der Waals surface area contributed by atoms with Gasteiger partial charge in [0.05, 0.1) is 22.5 Å². The van der Waals surface area contributed by atoms with Crippen LogP contribution in [0.4, 0.5) is 11.6 Å². The smallest absolute Gasteiger partial charge is 0.262 e. The quantitative estimate of drug-likeness (QED) is 0.643. The number of aromatic nitrogens is 3. The summed E-state index contributed by atoms with van der Waals surface area (Å²) in [6.07, 6.45) is 1.56. The molecule has 148 valence electrons. The van der Waals surface area contributed by atoms with Crippen LogP contribution in [0, 0.1) is 0 Å². The summed E-state index contributed by atoms with van der Waals surface area (Å²) in [6.45, 7) is -0.222. The summed E-state index contributed by atoms with van der Waals surface area (Å²) in [5, 5.41) is 10.3. The summed E-state index contributed by atoms with van der Waals surface area (Å²) in [4.78, 5) is 28.3. The van der Waals surface area contributed by atoms with Crippen molar-refractivity contribution in [2.24, 2.45) is 0 Å². The van der Waals surface area contributed by atoms with Crippen molar-refractivity contribution in [1.82, 2.24) is 14.8 Å². The van der Waals surface area contributed by atoms with Gasteiger partial charge in [0.15, 0.2) is 6.61 Å². The number of para-hydroxylation sites is 1. The first kappa shape index (κ1) is 19.2. The van der Waals surface area contributed by atoms with Crippen molar-refractivity contribution in [2.75, 3.05) is 17.2 Å². The summed E-state index contributed by atoms with van der Waals surface area (Å²) in [5.74, 6) is 0.333. The molecule has 0 radical (unpaired) electrons. The summed E-state index contributed by atoms with van der Waals surface area (Å²) in [6, 6.07) is 11.6. The number of amides is 2. The molecule has 1 aliphatic rings. The van der Waals surface area contributed by atoms with Crippen LogP contribution in [0.2, 0.25) is 10.0 Å². The first-order chi connectivity index (χ1) is 14.0. The molecular weight excluding hydrogens is 417 g/mol. The van der Waals surface area contributed by atoms with E-state index in [1.807, 2.05) is 12.1 Å². The zero-order chi connectivity index (χ0) is 20.4. The highest BCUT2D eigenvalue weighted by Crippen LogP contribution is 2.34. The molecule has 1 aliphatic heterocycles. The lowest BCUT2D eigenvalue weighted by molar-refractivity contribution is -0.118. The van der Waals surface area contributed by atoms with Gasteiger partial charge < -0.3 is 10.1 Å². The first-order valence-corrected chi connectivity index (χ1v) is 9.43. The van der Waals surface area contributed by atoms with E-state index in [9.17, 15) is 9.59 Å². The average Bonchev–Trinajstić information content (AvgIpc) is 3.17. The molecule has 0 spiro atoms. The molecule has 2 N–H and O–H groups in total. The highest BCUT2D eigenvalue weighted by atomic mass is 35.5. The van der Waals surface area contributed by atoms with E-state index >= 15 is 0 Å². The Labute approximate surface area is 175 Å². The number of anilines is 2. The minimum atomic E-state index is -0.379. The van der Waals surface area contributed by atoms with Gasteiger partial charge in [-0.3, -0.25) is 14.9 Å². The number of carbonyl (C=O) groups excluding carboxylic acids is 2. The third-order valence-electron chi connectivity index (χ3n) is 4.34. The van der Waals surface area contributed by atoms with Gasteiger partial charge in [0, 0.05) is 11.3 Å². The molecule has 8 nitrogen and oxygen atoms in total. The first-order valence-electron chi connectivity index (χ1n) is 8.67. The standard InChI is InChI=1S/C19H15Cl2N5O3/c20-13-6-5-11(7-14(13)21)24-18(28)9-29-16-4-2-1-3-12(16)15-8-17(27)25-19-22-10-23-26(15)19/h1-7,10,15H,8-9H2,(H,24,28)(H,22,23,25,27)/t15-/m0/s1. The molecule has 29 heavy (non-hydrogen) atoms. The Hall–Kier alpha value is -3.10. The van der Waals surface area contributed by atoms with Gasteiger partial charge in [0.25, 0.3) is 5.91 Å². The van der Waals surface area contributed by atoms with Gasteiger partial charge in [-0.15, -0.1) is 0 Å². The van der Waals surface area contributed by atoms with Gasteiger partial charge in [0.1, 0.15) is 12.1 Å². The Morgan fingerprint density at radius 2 is 2.07 bits per heavy atom. The van der Waals surface area contributed by atoms with Crippen LogP contribution in [-0.4, -0.2) is 33.2 Å². The normalized spacial score (nSPS) is 15.4. The number of rotatable bonds is 5. The predicted octanol–water partition coefficient (Wildman–Crippen LogP) is 3.53. The van der Waals surface area contributed by atoms with Crippen molar-refractivity contribution in [2.45, 2.75) is 12.5 Å². The van der Waals surface area contributed by atoms with Crippen molar-refractivity contribution >= 4 is 46.7 Å². The predicted molar refractivity (Wildman–Crippen MR) is 108 cm³/mol. The van der Waals surface area contributed by atoms with E-state index in [0.717, 1.165) is 5.56 Å². The topological polar surface area (TPSA) is 98.1 Å². The lowest BCUT2D eigenvalue weighted by atomic mass is 10.0. The third kappa shape index (κ3) is 4.18. The van der Waals surface area contributed by atoms with Crippen LogP contribution in [-0.2, 0) is 9.59 Å². The van der Waals surface area contributed by atoms with E-state index in [1.54, 1.807) is 35.0 Å². The van der Waals surface area contributed by atoms with Crippen LogP contribution in [0.1, 0.15) is 18.0 Å². The maximum Gasteiger partial charge on any atom is 0.262 e. The molecule has 0 bridgehead atoms. The molecule has 3 aromatic rings. The van der Waals surface area contributed by atoms with Crippen LogP contribution >= 0.6 is 23.2 Å². The zero-order valence-corrected chi connectivity index (χ0v) is 16.4. The number of benzene rings is 2. The molecule has 2 aromatic carbocycles. The molecule has 1 aromatic heterocycles. The molecule has 2 heterocycles. The van der Waals surface area contributed by atoms with Gasteiger partial charge in [-0.05, 0) is 24.3 Å². The van der Waals surface area contributed by atoms with Crippen molar-refractivity contribution < 1.29 is 14.3 Å². The Kier molecular flexibility index (Phi) is 5.37. The fourth-order valence-corrected chi connectivity index (χ4v) is 3.35. The number of hydrogen-bond donors (Lipinski definition) is 2. The Morgan fingerprint density at radius 3 is 2.90 bits per heavy atom. The van der Waals surface area contributed by atoms with E-state index in [0.29, 0.717) is 27.4 Å². The van der Waals surface area contributed by atoms with E-state index < -0.39 is 0 Å². The number of hydrogen-bond acceptors (Lipinski definition) is 5. The minimum Gasteiger partial charge on any atom is -0.483 e. The lowest BCUT2D eigenvalue weighted by Gasteiger charge is -2.25. The van der Waals surface area contributed by atoms with Crippen LogP contribution in [0.5, 0.6) is 5.75 Å². The molecule has 4 rings (SSSR count). The number of ether oxygens (including phenoxy) is 1. The van der Waals surface area contributed by atoms with Crippen LogP contribution < -0.4 is 15.4 Å². The number of fused-ring (bicyclic) bond motifs is 1. The highest BCUT2D eigenvalue weighted by Gasteiger charge is 2.29. The number of nitrogens with zero attached hydrogens (tertiary/aromatic N) is 3. The van der Waals surface area contributed by atoms with Crippen LogP contribution in [0.3, 0.4) is 0 Å². The average molecular weight is 432 g/mol. The molecule has 0 saturated carbocycles. The van der Waals surface area contributed by atoms with Gasteiger partial charge in [-0.25, -0.2) is 4.68 Å². The molecule has 2 amide bonds. The summed E-state index contributed by atoms with van der Waals surface area (Å²) >= 11 is 11.8. The van der Waals surface area contributed by atoms with Crippen molar-refractivity contribution in [3.05, 3.63) is 64.4 Å². The van der Waals surface area contributed by atoms with E-state index in [2.05, 4.69) is 20.7 Å². The van der Waals surface area contributed by atoms with Gasteiger partial charge in [0.2, 0.25) is 11.9 Å². The fourth-order valence-electron chi connectivity index (χ4n) is 3.05. The Morgan fingerprint density at radius 1 is 1.24 bits per heavy atom. The van der Waals surface area contributed by atoms with Crippen molar-refractivity contribution in [3.63, 3.8) is 0 Å². The summed E-state index contributed by atoms with van der Waals surface area (Å²) in [7, 11) is 0. The third-order valence-corrected chi connectivity index (χ3v) is 5.08. The second-order valence-corrected chi connectivity index (χ2v) is 7.11. The highest BCUT2D eigenvalue weighted by molar-refractivity contribution is 6.42. The fraction of sp³-hybridized carbons (Fsp3) is 0.158. The second kappa shape index (κ2) is 8.10. The van der Waals surface area contributed by atoms with E-state index in [4.69, 9.17) is 27.9 Å². The minimum absolute atomic E-state index is 0.164. The SMILES string of the molecule is O=C(COc1ccccc1[C@@H]1CC(=O)Nc2ncnn21)Nc1ccc(Cl)c(Cl)c1. The van der Waals surface area contributed by atoms with Gasteiger partial charge in [-0.2, -0.15) is 10.1 Å². The molecule has 0 aliphatic carbocycles. The van der Waals surface area contributed by atoms with E-state index in [-0.39, 0.29) is 30.9 Å². The summed E-state index contributed by atoms with van der Waals surface area (Å²) in [5.41, 5.74) is 1.24. The van der Waals surface area contributed by atoms with Gasteiger partial charge >= 0.3 is 0 Å². The van der Waals surface area contributed by atoms with Crippen molar-refractivity contribution in [1.29, 1.82) is 0 Å². The van der Waals surface area contributed by atoms with Gasteiger partial charge in [-0.1, -0.05) is 41.4 Å². The molecule has 0 unspecified atom stereocenters. The number of nitrogens with one attached hydrogen (secondary N) is 2. The lowest BCUT2D eigenvalue weighted by Crippen LogP contribution is -2.29. The van der Waals surface area contributed by atoms with Crippen LogP contribution in [0.25, 0.3) is 0 Å². The van der Waals surface area contributed by atoms with E-state index in [1.165, 1.54) is 6.33 Å². The molecule has 0 fully saturated rings. The molecular formula is C19H15Cl2N5O3.